The van der Waals surface area contributed by atoms with Crippen LogP contribution in [0.3, 0.4) is 0 Å². The van der Waals surface area contributed by atoms with E-state index in [1.807, 2.05) is 0 Å². The molecule has 1 aromatic rings. The lowest BCUT2D eigenvalue weighted by atomic mass is 9.93. The number of nitrogens with zero attached hydrogens (tertiary/aromatic N) is 1. The van der Waals surface area contributed by atoms with Gasteiger partial charge in [-0.05, 0) is 25.5 Å². The van der Waals surface area contributed by atoms with Crippen LogP contribution in [0.5, 0.6) is 11.5 Å². The molecule has 0 saturated carbocycles. The summed E-state index contributed by atoms with van der Waals surface area (Å²) in [6, 6.07) is 1.53. The fraction of sp³-hybridized carbons (Fsp3) is 0.650. The predicted molar refractivity (Wildman–Crippen MR) is 111 cm³/mol. The molecule has 0 aromatic heterocycles. The summed E-state index contributed by atoms with van der Waals surface area (Å²) in [5, 5.41) is 12.5. The lowest BCUT2D eigenvalue weighted by Crippen LogP contribution is -2.48. The highest BCUT2D eigenvalue weighted by Crippen LogP contribution is 2.44. The Morgan fingerprint density at radius 2 is 2.10 bits per heavy atom. The molecule has 1 saturated heterocycles. The third-order valence-corrected chi connectivity index (χ3v) is 6.17. The summed E-state index contributed by atoms with van der Waals surface area (Å²) in [6.45, 7) is 4.13. The number of hydrogen-bond acceptors (Lipinski definition) is 6. The Morgan fingerprint density at radius 1 is 1.34 bits per heavy atom. The Morgan fingerprint density at radius 3 is 2.83 bits per heavy atom. The number of piperidine rings is 1. The molecular weight excluding hydrogens is 419 g/mol. The molecule has 2 heterocycles. The number of nitrogens with one attached hydrogen (secondary N) is 1. The number of amides is 1. The number of methoxy groups -OCH3 is 1. The van der Waals surface area contributed by atoms with Crippen LogP contribution in [-0.4, -0.2) is 75.1 Å². The number of aliphatic hydroxyl groups is 1. The van der Waals surface area contributed by atoms with Gasteiger partial charge in [-0.2, -0.15) is 0 Å². The number of hydrogen-bond donors (Lipinski definition) is 2. The van der Waals surface area contributed by atoms with Crippen molar-refractivity contribution < 1.29 is 24.1 Å². The number of rotatable bonds is 7. The smallest absolute Gasteiger partial charge is 0.255 e. The molecule has 3 rings (SSSR count). The van der Waals surface area contributed by atoms with Crippen molar-refractivity contribution in [2.45, 2.75) is 25.4 Å². The molecule has 2 atom stereocenters. The average molecular weight is 447 g/mol. The first kappa shape index (κ1) is 22.4. The van der Waals surface area contributed by atoms with E-state index in [1.54, 1.807) is 7.11 Å². The molecule has 1 unspecified atom stereocenters. The maximum atomic E-state index is 12.9. The molecular formula is C20H28Cl2N2O5. The molecule has 2 N–H and O–H groups in total. The Hall–Kier alpha value is -1.25. The molecule has 0 bridgehead atoms. The third-order valence-electron chi connectivity index (χ3n) is 5.40. The lowest BCUT2D eigenvalue weighted by molar-refractivity contribution is -0.0116. The summed E-state index contributed by atoms with van der Waals surface area (Å²) in [7, 11) is 1.69. The van der Waals surface area contributed by atoms with Crippen LogP contribution in [0.2, 0.25) is 10.0 Å². The van der Waals surface area contributed by atoms with Gasteiger partial charge in [-0.25, -0.2) is 0 Å². The highest BCUT2D eigenvalue weighted by molar-refractivity contribution is 6.43. The molecule has 2 aliphatic heterocycles. The van der Waals surface area contributed by atoms with Crippen molar-refractivity contribution in [2.75, 3.05) is 53.1 Å². The first-order valence-electron chi connectivity index (χ1n) is 9.97. The molecule has 9 heteroatoms. The number of halogens is 2. The van der Waals surface area contributed by atoms with Gasteiger partial charge < -0.3 is 29.5 Å². The molecule has 1 amide bonds. The van der Waals surface area contributed by atoms with Crippen molar-refractivity contribution in [1.29, 1.82) is 0 Å². The Bertz CT molecular complexity index is 719. The number of fused-ring (bicyclic) bond motifs is 1. The zero-order valence-electron chi connectivity index (χ0n) is 16.6. The minimum atomic E-state index is -0.275. The van der Waals surface area contributed by atoms with Crippen molar-refractivity contribution in [1.82, 2.24) is 10.2 Å². The van der Waals surface area contributed by atoms with E-state index < -0.39 is 0 Å². The molecule has 29 heavy (non-hydrogen) atoms. The lowest BCUT2D eigenvalue weighted by Gasteiger charge is -2.37. The Balaban J connectivity index is 1.66. The largest absolute Gasteiger partial charge is 0.489 e. The molecule has 7 nitrogen and oxygen atoms in total. The van der Waals surface area contributed by atoms with Gasteiger partial charge in [0.05, 0.1) is 29.9 Å². The van der Waals surface area contributed by atoms with Crippen molar-refractivity contribution in [2.24, 2.45) is 5.92 Å². The van der Waals surface area contributed by atoms with Crippen LogP contribution >= 0.6 is 23.2 Å². The summed E-state index contributed by atoms with van der Waals surface area (Å²) >= 11 is 12.5. The minimum Gasteiger partial charge on any atom is -0.489 e. The summed E-state index contributed by atoms with van der Waals surface area (Å²) in [5.41, 5.74) is 0.325. The van der Waals surface area contributed by atoms with Gasteiger partial charge in [0, 0.05) is 45.7 Å². The summed E-state index contributed by atoms with van der Waals surface area (Å²) in [5.74, 6) is 0.598. The van der Waals surface area contributed by atoms with Crippen LogP contribution in [0.1, 0.15) is 29.6 Å². The third kappa shape index (κ3) is 5.47. The highest BCUT2D eigenvalue weighted by atomic mass is 35.5. The summed E-state index contributed by atoms with van der Waals surface area (Å²) < 4.78 is 17.1. The van der Waals surface area contributed by atoms with Crippen molar-refractivity contribution in [3.63, 3.8) is 0 Å². The number of ether oxygens (including phenoxy) is 3. The molecule has 1 aromatic carbocycles. The quantitative estimate of drug-likeness (QED) is 0.669. The fourth-order valence-electron chi connectivity index (χ4n) is 3.78. The second-order valence-electron chi connectivity index (χ2n) is 7.34. The summed E-state index contributed by atoms with van der Waals surface area (Å²) in [6.07, 6.45) is 2.38. The monoisotopic (exact) mass is 446 g/mol. The van der Waals surface area contributed by atoms with Crippen molar-refractivity contribution in [3.05, 3.63) is 21.7 Å². The second-order valence-corrected chi connectivity index (χ2v) is 8.12. The normalized spacial score (nSPS) is 22.2. The number of carbonyl (C=O) groups is 1. The van der Waals surface area contributed by atoms with Crippen LogP contribution in [0.4, 0.5) is 0 Å². The van der Waals surface area contributed by atoms with E-state index in [1.165, 1.54) is 6.07 Å². The zero-order valence-corrected chi connectivity index (χ0v) is 18.1. The van der Waals surface area contributed by atoms with Gasteiger partial charge >= 0.3 is 0 Å². The maximum absolute atomic E-state index is 12.9. The SMILES string of the molecule is CO[C@@H]1CN(CCCO)CCC1CNC(=O)c1cc(Cl)c(Cl)c2c1OCCCO2. The molecule has 2 aliphatic rings. The van der Waals surface area contributed by atoms with Crippen LogP contribution in [0.15, 0.2) is 6.07 Å². The van der Waals surface area contributed by atoms with Crippen LogP contribution in [0.25, 0.3) is 0 Å². The number of aliphatic hydroxyl groups excluding tert-OH is 1. The molecule has 0 radical (unpaired) electrons. The van der Waals surface area contributed by atoms with Gasteiger partial charge in [-0.3, -0.25) is 4.79 Å². The topological polar surface area (TPSA) is 80.3 Å². The zero-order chi connectivity index (χ0) is 20.8. The van der Waals surface area contributed by atoms with E-state index >= 15 is 0 Å². The van der Waals surface area contributed by atoms with E-state index in [2.05, 4.69) is 10.2 Å². The van der Waals surface area contributed by atoms with Gasteiger partial charge in [0.15, 0.2) is 11.5 Å². The van der Waals surface area contributed by atoms with Gasteiger partial charge in [-0.15, -0.1) is 0 Å². The fourth-order valence-corrected chi connectivity index (χ4v) is 4.17. The van der Waals surface area contributed by atoms with Crippen LogP contribution in [-0.2, 0) is 4.74 Å². The van der Waals surface area contributed by atoms with Crippen LogP contribution in [0, 0.1) is 5.92 Å². The first-order chi connectivity index (χ1) is 14.0. The maximum Gasteiger partial charge on any atom is 0.255 e. The molecule has 0 aliphatic carbocycles. The van der Waals surface area contributed by atoms with E-state index in [4.69, 9.17) is 42.5 Å². The molecule has 1 fully saturated rings. The second kappa shape index (κ2) is 10.7. The van der Waals surface area contributed by atoms with Gasteiger partial charge in [0.2, 0.25) is 0 Å². The van der Waals surface area contributed by atoms with E-state index in [0.29, 0.717) is 43.2 Å². The van der Waals surface area contributed by atoms with Gasteiger partial charge in [0.25, 0.3) is 5.91 Å². The van der Waals surface area contributed by atoms with Gasteiger partial charge in [-0.1, -0.05) is 23.2 Å². The predicted octanol–water partition coefficient (Wildman–Crippen LogP) is 2.60. The number of carbonyl (C=O) groups excluding carboxylic acids is 1. The number of benzene rings is 1. The average Bonchev–Trinajstić information content (AvgIpc) is 2.99. The summed E-state index contributed by atoms with van der Waals surface area (Å²) in [4.78, 5) is 15.2. The van der Waals surface area contributed by atoms with E-state index in [9.17, 15) is 4.79 Å². The standard InChI is InChI=1S/C20H28Cl2N2O5/c1-27-16-12-24(5-2-7-25)6-4-13(16)11-23-20(26)14-10-15(21)17(22)19-18(14)28-8-3-9-29-19/h10,13,16,25H,2-9,11-12H2,1H3,(H,23,26)/t13?,16-/m1/s1. The van der Waals surface area contributed by atoms with Crippen molar-refractivity contribution >= 4 is 29.1 Å². The van der Waals surface area contributed by atoms with Crippen LogP contribution < -0.4 is 14.8 Å². The molecule has 162 valence electrons. The van der Waals surface area contributed by atoms with Crippen molar-refractivity contribution in [3.8, 4) is 11.5 Å². The Kier molecular flexibility index (Phi) is 8.26. The Labute approximate surface area is 181 Å². The van der Waals surface area contributed by atoms with Gasteiger partial charge in [0.1, 0.15) is 5.02 Å². The molecule has 0 spiro atoms. The first-order valence-corrected chi connectivity index (χ1v) is 10.7. The number of likely N-dealkylation sites (tertiary alicyclic amines) is 1. The highest BCUT2D eigenvalue weighted by Gasteiger charge is 2.30. The minimum absolute atomic E-state index is 0.0215. The van der Waals surface area contributed by atoms with E-state index in [-0.39, 0.29) is 34.6 Å². The van der Waals surface area contributed by atoms with E-state index in [0.717, 1.165) is 32.5 Å².